The third-order valence-electron chi connectivity index (χ3n) is 3.43. The van der Waals surface area contributed by atoms with Crippen LogP contribution >= 0.6 is 0 Å². The van der Waals surface area contributed by atoms with Crippen LogP contribution in [0.25, 0.3) is 0 Å². The van der Waals surface area contributed by atoms with Gasteiger partial charge in [-0.1, -0.05) is 13.8 Å². The Morgan fingerprint density at radius 3 is 2.71 bits per heavy atom. The lowest BCUT2D eigenvalue weighted by atomic mass is 10.2. The second-order valence-corrected chi connectivity index (χ2v) is 5.70. The first-order chi connectivity index (χ1) is 10.2. The molecule has 5 heteroatoms. The van der Waals surface area contributed by atoms with Gasteiger partial charge in [-0.3, -0.25) is 9.88 Å². The summed E-state index contributed by atoms with van der Waals surface area (Å²) in [6.07, 6.45) is 9.61. The van der Waals surface area contributed by atoms with Crippen molar-refractivity contribution in [2.75, 3.05) is 44.2 Å². The molecular weight excluding hydrogens is 264 g/mol. The molecule has 0 amide bonds. The van der Waals surface area contributed by atoms with E-state index in [4.69, 9.17) is 11.2 Å². The smallest absolute Gasteiger partial charge is 0.234 e. The van der Waals surface area contributed by atoms with E-state index in [0.29, 0.717) is 18.4 Å². The molecule has 1 aromatic rings. The van der Waals surface area contributed by atoms with Gasteiger partial charge in [-0.2, -0.15) is 4.98 Å². The zero-order chi connectivity index (χ0) is 15.1. The highest BCUT2D eigenvalue weighted by atomic mass is 16.5. The van der Waals surface area contributed by atoms with Crippen molar-refractivity contribution in [2.45, 2.75) is 20.3 Å². The van der Waals surface area contributed by atoms with Crippen LogP contribution in [0.1, 0.15) is 20.3 Å². The predicted octanol–water partition coefficient (Wildman–Crippen LogP) is 1.66. The fraction of sp³-hybridized carbons (Fsp3) is 0.625. The second kappa shape index (κ2) is 7.84. The second-order valence-electron chi connectivity index (χ2n) is 5.70. The van der Waals surface area contributed by atoms with Crippen molar-refractivity contribution in [1.82, 2.24) is 14.9 Å². The summed E-state index contributed by atoms with van der Waals surface area (Å²) >= 11 is 0. The Bertz CT molecular complexity index is 475. The first-order valence-corrected chi connectivity index (χ1v) is 7.54. The lowest BCUT2D eigenvalue weighted by molar-refractivity contribution is 0.256. The maximum atomic E-state index is 5.64. The highest BCUT2D eigenvalue weighted by Gasteiger charge is 2.18. The minimum atomic E-state index is 0.482. The van der Waals surface area contributed by atoms with Crippen LogP contribution in [0.3, 0.4) is 0 Å². The Morgan fingerprint density at radius 2 is 2.05 bits per heavy atom. The molecule has 0 bridgehead atoms. The normalized spacial score (nSPS) is 16.0. The summed E-state index contributed by atoms with van der Waals surface area (Å²) in [6, 6.07) is 0. The first kappa shape index (κ1) is 15.6. The SMILES string of the molecule is C#CCCN1CCN(c2cncc(OCC(C)C)n2)CC1. The molecular formula is C16H24N4O. The van der Waals surface area contributed by atoms with Crippen LogP contribution in [0.4, 0.5) is 5.82 Å². The lowest BCUT2D eigenvalue weighted by Crippen LogP contribution is -2.46. The van der Waals surface area contributed by atoms with Crippen LogP contribution in [0.5, 0.6) is 5.88 Å². The summed E-state index contributed by atoms with van der Waals surface area (Å²) in [7, 11) is 0. The number of nitrogens with zero attached hydrogens (tertiary/aromatic N) is 4. The van der Waals surface area contributed by atoms with E-state index in [2.05, 4.69) is 39.5 Å². The third kappa shape index (κ3) is 4.91. The van der Waals surface area contributed by atoms with Crippen LogP contribution in [0.15, 0.2) is 12.4 Å². The molecule has 0 saturated carbocycles. The number of ether oxygens (including phenoxy) is 1. The van der Waals surface area contributed by atoms with Crippen molar-refractivity contribution in [1.29, 1.82) is 0 Å². The third-order valence-corrected chi connectivity index (χ3v) is 3.43. The molecule has 2 rings (SSSR count). The number of piperazine rings is 1. The van der Waals surface area contributed by atoms with Crippen LogP contribution in [0.2, 0.25) is 0 Å². The average molecular weight is 288 g/mol. The van der Waals surface area contributed by atoms with E-state index >= 15 is 0 Å². The molecule has 1 fully saturated rings. The molecule has 5 nitrogen and oxygen atoms in total. The van der Waals surface area contributed by atoms with E-state index < -0.39 is 0 Å². The van der Waals surface area contributed by atoms with Crippen LogP contribution < -0.4 is 9.64 Å². The van der Waals surface area contributed by atoms with Crippen molar-refractivity contribution in [3.05, 3.63) is 12.4 Å². The Morgan fingerprint density at radius 1 is 1.29 bits per heavy atom. The number of anilines is 1. The molecule has 114 valence electrons. The summed E-state index contributed by atoms with van der Waals surface area (Å²) in [4.78, 5) is 13.4. The van der Waals surface area contributed by atoms with Gasteiger partial charge in [0.05, 0.1) is 19.0 Å². The number of terminal acetylenes is 1. The molecule has 1 aromatic heterocycles. The van der Waals surface area contributed by atoms with E-state index in [1.165, 1.54) is 0 Å². The fourth-order valence-electron chi connectivity index (χ4n) is 2.24. The van der Waals surface area contributed by atoms with Gasteiger partial charge < -0.3 is 9.64 Å². The maximum Gasteiger partial charge on any atom is 0.234 e. The van der Waals surface area contributed by atoms with Crippen molar-refractivity contribution < 1.29 is 4.74 Å². The predicted molar refractivity (Wildman–Crippen MR) is 84.5 cm³/mol. The van der Waals surface area contributed by atoms with E-state index in [0.717, 1.165) is 45.0 Å². The zero-order valence-electron chi connectivity index (χ0n) is 13.0. The van der Waals surface area contributed by atoms with Crippen molar-refractivity contribution >= 4 is 5.82 Å². The Hall–Kier alpha value is -1.80. The van der Waals surface area contributed by atoms with Gasteiger partial charge in [0, 0.05) is 39.1 Å². The van der Waals surface area contributed by atoms with E-state index in [1.54, 1.807) is 12.4 Å². The van der Waals surface area contributed by atoms with Crippen LogP contribution in [-0.4, -0.2) is 54.2 Å². The molecule has 0 unspecified atom stereocenters. The zero-order valence-corrected chi connectivity index (χ0v) is 13.0. The Kier molecular flexibility index (Phi) is 5.82. The monoisotopic (exact) mass is 288 g/mol. The first-order valence-electron chi connectivity index (χ1n) is 7.54. The standard InChI is InChI=1S/C16H24N4O/c1-4-5-6-19-7-9-20(10-8-19)15-11-17-12-16(18-15)21-13-14(2)3/h1,11-12,14H,5-10,13H2,2-3H3. The summed E-state index contributed by atoms with van der Waals surface area (Å²) in [5.41, 5.74) is 0. The minimum absolute atomic E-state index is 0.482. The van der Waals surface area contributed by atoms with Crippen LogP contribution in [-0.2, 0) is 0 Å². The molecule has 0 aliphatic carbocycles. The minimum Gasteiger partial charge on any atom is -0.476 e. The highest BCUT2D eigenvalue weighted by Crippen LogP contribution is 2.16. The number of hydrogen-bond donors (Lipinski definition) is 0. The fourth-order valence-corrected chi connectivity index (χ4v) is 2.24. The van der Waals surface area contributed by atoms with Gasteiger partial charge in [-0.25, -0.2) is 0 Å². The molecule has 1 aliphatic rings. The molecule has 1 aliphatic heterocycles. The Labute approximate surface area is 127 Å². The summed E-state index contributed by atoms with van der Waals surface area (Å²) in [5, 5.41) is 0. The number of hydrogen-bond acceptors (Lipinski definition) is 5. The maximum absolute atomic E-state index is 5.64. The van der Waals surface area contributed by atoms with Crippen molar-refractivity contribution in [3.63, 3.8) is 0 Å². The van der Waals surface area contributed by atoms with Gasteiger partial charge in [0.1, 0.15) is 0 Å². The summed E-state index contributed by atoms with van der Waals surface area (Å²) in [6.45, 7) is 9.81. The topological polar surface area (TPSA) is 41.5 Å². The summed E-state index contributed by atoms with van der Waals surface area (Å²) in [5.74, 6) is 4.68. The highest BCUT2D eigenvalue weighted by molar-refractivity contribution is 5.38. The Balaban J connectivity index is 1.88. The average Bonchev–Trinajstić information content (AvgIpc) is 2.52. The van der Waals surface area contributed by atoms with Gasteiger partial charge in [-0.15, -0.1) is 12.3 Å². The van der Waals surface area contributed by atoms with Crippen molar-refractivity contribution in [2.24, 2.45) is 5.92 Å². The van der Waals surface area contributed by atoms with Crippen molar-refractivity contribution in [3.8, 4) is 18.2 Å². The van der Waals surface area contributed by atoms with Gasteiger partial charge in [0.15, 0.2) is 5.82 Å². The van der Waals surface area contributed by atoms with E-state index in [1.807, 2.05) is 0 Å². The molecule has 0 aromatic carbocycles. The molecule has 0 spiro atoms. The molecule has 2 heterocycles. The largest absolute Gasteiger partial charge is 0.476 e. The number of rotatable bonds is 6. The summed E-state index contributed by atoms with van der Waals surface area (Å²) < 4.78 is 5.64. The quantitative estimate of drug-likeness (QED) is 0.745. The van der Waals surface area contributed by atoms with Gasteiger partial charge in [-0.05, 0) is 5.92 Å². The van der Waals surface area contributed by atoms with E-state index in [9.17, 15) is 0 Å². The lowest BCUT2D eigenvalue weighted by Gasteiger charge is -2.34. The molecule has 0 N–H and O–H groups in total. The van der Waals surface area contributed by atoms with Gasteiger partial charge >= 0.3 is 0 Å². The van der Waals surface area contributed by atoms with Crippen LogP contribution in [0, 0.1) is 18.3 Å². The van der Waals surface area contributed by atoms with E-state index in [-0.39, 0.29) is 0 Å². The van der Waals surface area contributed by atoms with Gasteiger partial charge in [0.25, 0.3) is 0 Å². The molecule has 1 saturated heterocycles. The van der Waals surface area contributed by atoms with Gasteiger partial charge in [0.2, 0.25) is 5.88 Å². The molecule has 0 atom stereocenters. The molecule has 21 heavy (non-hydrogen) atoms. The molecule has 0 radical (unpaired) electrons. The number of aromatic nitrogens is 2.